The molecule has 17 heavy (non-hydrogen) atoms. The van der Waals surface area contributed by atoms with Crippen molar-refractivity contribution >= 4 is 33.1 Å². The molecule has 1 saturated carbocycles. The van der Waals surface area contributed by atoms with E-state index in [9.17, 15) is 4.79 Å². The van der Waals surface area contributed by atoms with Crippen LogP contribution in [0, 0.1) is 5.92 Å². The number of anilines is 1. The van der Waals surface area contributed by atoms with Crippen molar-refractivity contribution in [2.75, 3.05) is 5.73 Å². The molecule has 2 atom stereocenters. The first kappa shape index (κ1) is 10.5. The van der Waals surface area contributed by atoms with E-state index in [1.54, 1.807) is 6.20 Å². The third-order valence-electron chi connectivity index (χ3n) is 3.14. The van der Waals surface area contributed by atoms with Crippen molar-refractivity contribution in [3.8, 4) is 0 Å². The molecule has 2 aromatic heterocycles. The highest BCUT2D eigenvalue weighted by molar-refractivity contribution is 7.21. The number of pyridine rings is 1. The van der Waals surface area contributed by atoms with Crippen molar-refractivity contribution in [3.05, 3.63) is 23.2 Å². The molecule has 4 nitrogen and oxygen atoms in total. The highest BCUT2D eigenvalue weighted by Gasteiger charge is 2.34. The van der Waals surface area contributed by atoms with Gasteiger partial charge in [0, 0.05) is 17.6 Å². The van der Waals surface area contributed by atoms with E-state index in [0.717, 1.165) is 16.6 Å². The highest BCUT2D eigenvalue weighted by atomic mass is 32.1. The minimum absolute atomic E-state index is 0.0696. The van der Waals surface area contributed by atoms with Crippen LogP contribution >= 0.6 is 11.3 Å². The summed E-state index contributed by atoms with van der Waals surface area (Å²) in [6.07, 6.45) is 2.78. The van der Waals surface area contributed by atoms with Crippen LogP contribution in [0.4, 0.5) is 5.69 Å². The van der Waals surface area contributed by atoms with Gasteiger partial charge in [-0.1, -0.05) is 6.92 Å². The maximum absolute atomic E-state index is 12.0. The minimum Gasteiger partial charge on any atom is -0.397 e. The van der Waals surface area contributed by atoms with Crippen LogP contribution in [0.3, 0.4) is 0 Å². The molecule has 1 amide bonds. The van der Waals surface area contributed by atoms with E-state index < -0.39 is 0 Å². The summed E-state index contributed by atoms with van der Waals surface area (Å²) in [4.78, 5) is 17.6. The molecule has 88 valence electrons. The van der Waals surface area contributed by atoms with E-state index in [0.29, 0.717) is 22.5 Å². The Kier molecular flexibility index (Phi) is 2.29. The molecule has 0 aliphatic heterocycles. The van der Waals surface area contributed by atoms with Gasteiger partial charge in [0.25, 0.3) is 5.91 Å². The van der Waals surface area contributed by atoms with Crippen LogP contribution in [0.1, 0.15) is 23.0 Å². The Bertz CT molecular complexity index is 592. The summed E-state index contributed by atoms with van der Waals surface area (Å²) in [5.41, 5.74) is 6.53. The van der Waals surface area contributed by atoms with Crippen LogP contribution in [0.5, 0.6) is 0 Å². The quantitative estimate of drug-likeness (QED) is 0.853. The number of nitrogen functional groups attached to an aromatic ring is 1. The second kappa shape index (κ2) is 3.70. The standard InChI is InChI=1S/C12H13N3OS/c1-6-5-8(6)15-11(16)10-9(13)7-3-2-4-14-12(7)17-10/h2-4,6,8H,5,13H2,1H3,(H,15,16). The van der Waals surface area contributed by atoms with Gasteiger partial charge in [0.2, 0.25) is 0 Å². The van der Waals surface area contributed by atoms with E-state index in [1.807, 2.05) is 12.1 Å². The van der Waals surface area contributed by atoms with Crippen LogP contribution in [0.2, 0.25) is 0 Å². The third-order valence-corrected chi connectivity index (χ3v) is 4.26. The van der Waals surface area contributed by atoms with Gasteiger partial charge in [-0.15, -0.1) is 11.3 Å². The number of rotatable bonds is 2. The number of fused-ring (bicyclic) bond motifs is 1. The van der Waals surface area contributed by atoms with Gasteiger partial charge >= 0.3 is 0 Å². The number of carbonyl (C=O) groups is 1. The molecular weight excluding hydrogens is 234 g/mol. The van der Waals surface area contributed by atoms with Crippen LogP contribution in [-0.4, -0.2) is 16.9 Å². The molecule has 1 aliphatic carbocycles. The van der Waals surface area contributed by atoms with Crippen LogP contribution in [0.25, 0.3) is 10.2 Å². The lowest BCUT2D eigenvalue weighted by Crippen LogP contribution is -2.26. The number of aromatic nitrogens is 1. The van der Waals surface area contributed by atoms with Crippen molar-refractivity contribution in [1.29, 1.82) is 0 Å². The summed E-state index contributed by atoms with van der Waals surface area (Å²) in [6, 6.07) is 4.04. The molecule has 0 saturated heterocycles. The SMILES string of the molecule is CC1CC1NC(=O)c1sc2ncccc2c1N. The van der Waals surface area contributed by atoms with Crippen LogP contribution in [0.15, 0.2) is 18.3 Å². The number of nitrogens with zero attached hydrogens (tertiary/aromatic N) is 1. The summed E-state index contributed by atoms with van der Waals surface area (Å²) in [5, 5.41) is 3.85. The summed E-state index contributed by atoms with van der Waals surface area (Å²) in [6.45, 7) is 2.13. The fourth-order valence-corrected chi connectivity index (χ4v) is 2.84. The molecule has 3 N–H and O–H groups in total. The summed E-state index contributed by atoms with van der Waals surface area (Å²) in [7, 11) is 0. The van der Waals surface area contributed by atoms with E-state index in [-0.39, 0.29) is 5.91 Å². The maximum Gasteiger partial charge on any atom is 0.263 e. The largest absolute Gasteiger partial charge is 0.397 e. The zero-order valence-corrected chi connectivity index (χ0v) is 10.3. The maximum atomic E-state index is 12.0. The van der Waals surface area contributed by atoms with Gasteiger partial charge in [-0.3, -0.25) is 4.79 Å². The van der Waals surface area contributed by atoms with Gasteiger partial charge in [0.05, 0.1) is 5.69 Å². The number of hydrogen-bond acceptors (Lipinski definition) is 4. The number of amides is 1. The summed E-state index contributed by atoms with van der Waals surface area (Å²) >= 11 is 1.35. The molecule has 0 bridgehead atoms. The first-order valence-electron chi connectivity index (χ1n) is 5.60. The van der Waals surface area contributed by atoms with Crippen molar-refractivity contribution in [3.63, 3.8) is 0 Å². The van der Waals surface area contributed by atoms with Crippen molar-refractivity contribution in [1.82, 2.24) is 10.3 Å². The second-order valence-corrected chi connectivity index (χ2v) is 5.49. The van der Waals surface area contributed by atoms with Gasteiger partial charge < -0.3 is 11.1 Å². The summed E-state index contributed by atoms with van der Waals surface area (Å²) in [5.74, 6) is 0.521. The molecule has 0 radical (unpaired) electrons. The number of nitrogens with two attached hydrogens (primary N) is 1. The van der Waals surface area contributed by atoms with Gasteiger partial charge in [-0.25, -0.2) is 4.98 Å². The van der Waals surface area contributed by atoms with Gasteiger partial charge in [-0.2, -0.15) is 0 Å². The van der Waals surface area contributed by atoms with Gasteiger partial charge in [0.1, 0.15) is 9.71 Å². The van der Waals surface area contributed by atoms with Crippen molar-refractivity contribution < 1.29 is 4.79 Å². The Labute approximate surface area is 103 Å². The predicted octanol–water partition coefficient (Wildman–Crippen LogP) is 2.02. The van der Waals surface area contributed by atoms with Crippen LogP contribution in [-0.2, 0) is 0 Å². The molecule has 1 aliphatic rings. The van der Waals surface area contributed by atoms with Gasteiger partial charge in [-0.05, 0) is 24.5 Å². The van der Waals surface area contributed by atoms with E-state index >= 15 is 0 Å². The molecule has 0 aromatic carbocycles. The Balaban J connectivity index is 1.94. The molecule has 3 rings (SSSR count). The zero-order chi connectivity index (χ0) is 12.0. The second-order valence-electron chi connectivity index (χ2n) is 4.49. The molecule has 2 aromatic rings. The van der Waals surface area contributed by atoms with Gasteiger partial charge in [0.15, 0.2) is 0 Å². The lowest BCUT2D eigenvalue weighted by Gasteiger charge is -2.01. The van der Waals surface area contributed by atoms with Crippen molar-refractivity contribution in [2.45, 2.75) is 19.4 Å². The number of thiophene rings is 1. The molecular formula is C12H13N3OS. The molecule has 2 unspecified atom stereocenters. The van der Waals surface area contributed by atoms with Crippen LogP contribution < -0.4 is 11.1 Å². The number of nitrogens with one attached hydrogen (secondary N) is 1. The average Bonchev–Trinajstić information content (AvgIpc) is 2.89. The Morgan fingerprint density at radius 1 is 1.65 bits per heavy atom. The fraction of sp³-hybridized carbons (Fsp3) is 0.333. The molecule has 2 heterocycles. The topological polar surface area (TPSA) is 68.0 Å². The van der Waals surface area contributed by atoms with E-state index in [2.05, 4.69) is 17.2 Å². The minimum atomic E-state index is -0.0696. The molecule has 5 heteroatoms. The Morgan fingerprint density at radius 2 is 2.41 bits per heavy atom. The predicted molar refractivity (Wildman–Crippen MR) is 69.1 cm³/mol. The Hall–Kier alpha value is -1.62. The summed E-state index contributed by atoms with van der Waals surface area (Å²) < 4.78 is 0. The monoisotopic (exact) mass is 247 g/mol. The lowest BCUT2D eigenvalue weighted by molar-refractivity contribution is 0.0954. The lowest BCUT2D eigenvalue weighted by atomic mass is 10.2. The van der Waals surface area contributed by atoms with E-state index in [4.69, 9.17) is 5.73 Å². The highest BCUT2D eigenvalue weighted by Crippen LogP contribution is 2.34. The first-order valence-corrected chi connectivity index (χ1v) is 6.42. The van der Waals surface area contributed by atoms with E-state index in [1.165, 1.54) is 11.3 Å². The third kappa shape index (κ3) is 1.76. The van der Waals surface area contributed by atoms with Crippen molar-refractivity contribution in [2.24, 2.45) is 5.92 Å². The smallest absolute Gasteiger partial charge is 0.263 e. The number of hydrogen-bond donors (Lipinski definition) is 2. The zero-order valence-electron chi connectivity index (χ0n) is 9.43. The number of carbonyl (C=O) groups excluding carboxylic acids is 1. The average molecular weight is 247 g/mol. The Morgan fingerprint density at radius 3 is 3.06 bits per heavy atom. The fourth-order valence-electron chi connectivity index (χ4n) is 1.88. The molecule has 0 spiro atoms. The first-order chi connectivity index (χ1) is 8.16. The normalized spacial score (nSPS) is 22.6. The molecule has 1 fully saturated rings.